The number of carbonyl (C=O) groups is 2. The first-order chi connectivity index (χ1) is 19.0. The van der Waals surface area contributed by atoms with Gasteiger partial charge in [0.15, 0.2) is 11.5 Å². The molecule has 5 rings (SSSR count). The van der Waals surface area contributed by atoms with Gasteiger partial charge in [-0.2, -0.15) is 0 Å². The van der Waals surface area contributed by atoms with Gasteiger partial charge in [-0.15, -0.1) is 0 Å². The zero-order valence-electron chi connectivity index (χ0n) is 23.2. The van der Waals surface area contributed by atoms with Crippen LogP contribution in [0.25, 0.3) is 0 Å². The van der Waals surface area contributed by atoms with Gasteiger partial charge in [0.1, 0.15) is 0 Å². The van der Waals surface area contributed by atoms with Crippen LogP contribution in [0.2, 0.25) is 0 Å². The first kappa shape index (κ1) is 26.6. The summed E-state index contributed by atoms with van der Waals surface area (Å²) in [5.41, 5.74) is 5.83. The van der Waals surface area contributed by atoms with E-state index >= 15 is 0 Å². The van der Waals surface area contributed by atoms with Crippen molar-refractivity contribution in [3.05, 3.63) is 88.5 Å². The van der Waals surface area contributed by atoms with E-state index in [-0.39, 0.29) is 11.8 Å². The van der Waals surface area contributed by atoms with Gasteiger partial charge < -0.3 is 24.6 Å². The summed E-state index contributed by atoms with van der Waals surface area (Å²) in [7, 11) is 3.22. The van der Waals surface area contributed by atoms with Crippen molar-refractivity contribution in [2.24, 2.45) is 0 Å². The highest BCUT2D eigenvalue weighted by Crippen LogP contribution is 2.48. The van der Waals surface area contributed by atoms with Crippen molar-refractivity contribution < 1.29 is 19.1 Å². The van der Waals surface area contributed by atoms with Crippen LogP contribution in [0.4, 0.5) is 5.69 Å². The monoisotopic (exact) mass is 527 g/mol. The Morgan fingerprint density at radius 2 is 1.79 bits per heavy atom. The quantitative estimate of drug-likeness (QED) is 0.402. The number of nitrogens with zero attached hydrogens (tertiary/aromatic N) is 2. The van der Waals surface area contributed by atoms with Crippen molar-refractivity contribution in [3.63, 3.8) is 0 Å². The number of fused-ring (bicyclic) bond motifs is 4. The summed E-state index contributed by atoms with van der Waals surface area (Å²) in [6.45, 7) is 7.09. The zero-order valence-corrected chi connectivity index (χ0v) is 23.2. The molecule has 1 N–H and O–H groups in total. The van der Waals surface area contributed by atoms with Crippen LogP contribution >= 0.6 is 0 Å². The lowest BCUT2D eigenvalue weighted by molar-refractivity contribution is -0.124. The average Bonchev–Trinajstić information content (AvgIpc) is 2.96. The van der Waals surface area contributed by atoms with Gasteiger partial charge >= 0.3 is 0 Å². The minimum absolute atomic E-state index is 0.0307. The number of methoxy groups -OCH3 is 2. The van der Waals surface area contributed by atoms with Gasteiger partial charge in [-0.3, -0.25) is 9.59 Å². The Morgan fingerprint density at radius 1 is 1.03 bits per heavy atom. The van der Waals surface area contributed by atoms with Crippen LogP contribution in [0.15, 0.2) is 60.7 Å². The molecular formula is C32H37N3O4. The van der Waals surface area contributed by atoms with Crippen LogP contribution < -0.4 is 19.7 Å². The third-order valence-electron chi connectivity index (χ3n) is 7.96. The maximum atomic E-state index is 13.9. The number of hydrogen-bond acceptors (Lipinski definition) is 5. The maximum Gasteiger partial charge on any atom is 0.254 e. The zero-order chi connectivity index (χ0) is 27.5. The van der Waals surface area contributed by atoms with E-state index in [1.165, 1.54) is 11.3 Å². The predicted octanol–water partition coefficient (Wildman–Crippen LogP) is 4.88. The molecule has 2 aliphatic rings. The van der Waals surface area contributed by atoms with Crippen LogP contribution in [-0.4, -0.2) is 57.1 Å². The number of hydrogen-bond donors (Lipinski definition) is 1. The lowest BCUT2D eigenvalue weighted by Crippen LogP contribution is -2.50. The van der Waals surface area contributed by atoms with Gasteiger partial charge in [-0.1, -0.05) is 30.3 Å². The highest BCUT2D eigenvalue weighted by atomic mass is 16.5. The lowest BCUT2D eigenvalue weighted by atomic mass is 9.75. The fraction of sp³-hybridized carbons (Fsp3) is 0.375. The SMILES string of the molecule is CCN(CCCNC(=O)[C@@H]1c2ccccc2C(=O)N2CCc3cc(OC)c(OC)cc3[C@H]12)c1cccc(C)c1. The highest BCUT2D eigenvalue weighted by molar-refractivity contribution is 6.01. The van der Waals surface area contributed by atoms with Crippen molar-refractivity contribution in [1.82, 2.24) is 10.2 Å². The van der Waals surface area contributed by atoms with Crippen LogP contribution in [0.5, 0.6) is 11.5 Å². The van der Waals surface area contributed by atoms with Crippen molar-refractivity contribution in [2.45, 2.75) is 38.6 Å². The largest absolute Gasteiger partial charge is 0.493 e. The van der Waals surface area contributed by atoms with Crippen molar-refractivity contribution in [1.29, 1.82) is 0 Å². The molecule has 0 aromatic heterocycles. The van der Waals surface area contributed by atoms with Gasteiger partial charge in [-0.25, -0.2) is 0 Å². The van der Waals surface area contributed by atoms with Crippen LogP contribution in [0.3, 0.4) is 0 Å². The van der Waals surface area contributed by atoms with Crippen molar-refractivity contribution >= 4 is 17.5 Å². The highest BCUT2D eigenvalue weighted by Gasteiger charge is 2.46. The molecule has 3 aromatic carbocycles. The molecule has 204 valence electrons. The fourth-order valence-corrected chi connectivity index (χ4v) is 6.02. The molecule has 2 aliphatic heterocycles. The smallest absolute Gasteiger partial charge is 0.254 e. The molecule has 3 aromatic rings. The Hall–Kier alpha value is -4.00. The van der Waals surface area contributed by atoms with E-state index in [9.17, 15) is 9.59 Å². The Morgan fingerprint density at radius 3 is 2.54 bits per heavy atom. The van der Waals surface area contributed by atoms with Gasteiger partial charge in [0, 0.05) is 37.4 Å². The second kappa shape index (κ2) is 11.4. The first-order valence-electron chi connectivity index (χ1n) is 13.7. The Bertz CT molecular complexity index is 1370. The van der Waals surface area contributed by atoms with E-state index in [4.69, 9.17) is 9.47 Å². The Kier molecular flexibility index (Phi) is 7.77. The van der Waals surface area contributed by atoms with E-state index in [2.05, 4.69) is 48.3 Å². The van der Waals surface area contributed by atoms with Gasteiger partial charge in [0.05, 0.1) is 26.2 Å². The molecule has 0 fully saturated rings. The molecule has 2 amide bonds. The molecule has 0 saturated carbocycles. The molecule has 0 bridgehead atoms. The van der Waals surface area contributed by atoms with E-state index in [0.717, 1.165) is 36.2 Å². The molecule has 0 spiro atoms. The Balaban J connectivity index is 1.40. The summed E-state index contributed by atoms with van der Waals surface area (Å²) < 4.78 is 11.1. The predicted molar refractivity (Wildman–Crippen MR) is 153 cm³/mol. The number of nitrogens with one attached hydrogen (secondary N) is 1. The second-order valence-corrected chi connectivity index (χ2v) is 10.2. The average molecular weight is 528 g/mol. The molecule has 0 unspecified atom stereocenters. The summed E-state index contributed by atoms with van der Waals surface area (Å²) in [5, 5.41) is 3.21. The van der Waals surface area contributed by atoms with Crippen LogP contribution in [0, 0.1) is 6.92 Å². The number of ether oxygens (including phenoxy) is 2. The van der Waals surface area contributed by atoms with Crippen molar-refractivity contribution in [2.75, 3.05) is 45.3 Å². The molecule has 39 heavy (non-hydrogen) atoms. The molecule has 7 nitrogen and oxygen atoms in total. The number of benzene rings is 3. The number of amides is 2. The third-order valence-corrected chi connectivity index (χ3v) is 7.96. The van der Waals surface area contributed by atoms with E-state index in [1.54, 1.807) is 14.2 Å². The molecule has 0 aliphatic carbocycles. The molecule has 0 saturated heterocycles. The molecule has 7 heteroatoms. The van der Waals surface area contributed by atoms with Gasteiger partial charge in [-0.05, 0) is 79.3 Å². The normalized spacial score (nSPS) is 17.5. The summed E-state index contributed by atoms with van der Waals surface area (Å²) >= 11 is 0. The standard InChI is InChI=1S/C32H37N3O4/c1-5-34(23-11-8-10-21(2)18-23)16-9-15-33-31(36)29-24-12-6-7-13-25(24)32(37)35-17-14-22-19-27(38-3)28(39-4)20-26(22)30(29)35/h6-8,10-13,18-20,29-30H,5,9,14-17H2,1-4H3,(H,33,36)/t29-,30-/m1/s1. The topological polar surface area (TPSA) is 71.1 Å². The second-order valence-electron chi connectivity index (χ2n) is 10.2. The summed E-state index contributed by atoms with van der Waals surface area (Å²) in [5.74, 6) is 0.639. The minimum Gasteiger partial charge on any atom is -0.493 e. The molecule has 2 atom stereocenters. The molecular weight excluding hydrogens is 490 g/mol. The van der Waals surface area contributed by atoms with Gasteiger partial charge in [0.25, 0.3) is 5.91 Å². The lowest BCUT2D eigenvalue weighted by Gasteiger charge is -2.45. The maximum absolute atomic E-state index is 13.9. The van der Waals surface area contributed by atoms with Gasteiger partial charge in [0.2, 0.25) is 5.91 Å². The number of aryl methyl sites for hydroxylation is 1. The number of carbonyl (C=O) groups excluding carboxylic acids is 2. The van der Waals surface area contributed by atoms with E-state index < -0.39 is 12.0 Å². The Labute approximate surface area is 230 Å². The fourth-order valence-electron chi connectivity index (χ4n) is 6.02. The van der Waals surface area contributed by atoms with Crippen molar-refractivity contribution in [3.8, 4) is 11.5 Å². The summed E-state index contributed by atoms with van der Waals surface area (Å²) in [6.07, 6.45) is 1.51. The summed E-state index contributed by atoms with van der Waals surface area (Å²) in [4.78, 5) is 31.7. The minimum atomic E-state index is -0.518. The summed E-state index contributed by atoms with van der Waals surface area (Å²) in [6, 6.07) is 19.5. The molecule has 0 radical (unpaired) electrons. The number of anilines is 1. The number of rotatable bonds is 9. The van der Waals surface area contributed by atoms with E-state index in [0.29, 0.717) is 36.6 Å². The third kappa shape index (κ3) is 5.05. The van der Waals surface area contributed by atoms with E-state index in [1.807, 2.05) is 41.3 Å². The first-order valence-corrected chi connectivity index (χ1v) is 13.7. The van der Waals surface area contributed by atoms with Crippen LogP contribution in [-0.2, 0) is 11.2 Å². The van der Waals surface area contributed by atoms with Crippen LogP contribution in [0.1, 0.15) is 57.9 Å². The molecule has 2 heterocycles.